The first-order valence-corrected chi connectivity index (χ1v) is 5.27. The first kappa shape index (κ1) is 13.9. The fraction of sp³-hybridized carbons (Fsp3) is 0.909. The number of hydrogen-bond acceptors (Lipinski definition) is 3. The fourth-order valence-corrected chi connectivity index (χ4v) is 1.43. The molecule has 0 fully saturated rings. The Morgan fingerprint density at radius 3 is 2.07 bits per heavy atom. The lowest BCUT2D eigenvalue weighted by atomic mass is 10.1. The van der Waals surface area contributed by atoms with Crippen molar-refractivity contribution < 1.29 is 14.2 Å². The first-order valence-electron chi connectivity index (χ1n) is 5.27. The molecule has 0 bridgehead atoms. The largest absolute Gasteiger partial charge is 0.376 e. The van der Waals surface area contributed by atoms with E-state index in [0.29, 0.717) is 6.29 Å². The number of unbranched alkanes of at least 4 members (excludes halogenated alkanes) is 3. The summed E-state index contributed by atoms with van der Waals surface area (Å²) in [5, 5.41) is 0. The zero-order valence-electron chi connectivity index (χ0n) is 9.84. The highest BCUT2D eigenvalue weighted by Gasteiger charge is 2.21. The van der Waals surface area contributed by atoms with Crippen molar-refractivity contribution in [2.24, 2.45) is 0 Å². The summed E-state index contributed by atoms with van der Waals surface area (Å²) in [4.78, 5) is 0. The van der Waals surface area contributed by atoms with Gasteiger partial charge in [0.15, 0.2) is 0 Å². The SMILES string of the molecule is CCCCCCC(OC)[C](OC)OC. The van der Waals surface area contributed by atoms with Gasteiger partial charge in [-0.1, -0.05) is 32.6 Å². The molecule has 1 atom stereocenters. The lowest BCUT2D eigenvalue weighted by Gasteiger charge is -2.21. The van der Waals surface area contributed by atoms with Gasteiger partial charge in [0.25, 0.3) is 6.29 Å². The van der Waals surface area contributed by atoms with Crippen LogP contribution in [0, 0.1) is 6.29 Å². The third-order valence-corrected chi connectivity index (χ3v) is 2.27. The summed E-state index contributed by atoms with van der Waals surface area (Å²) < 4.78 is 15.4. The normalized spacial score (nSPS) is 13.5. The van der Waals surface area contributed by atoms with Crippen molar-refractivity contribution >= 4 is 0 Å². The average molecular weight is 203 g/mol. The van der Waals surface area contributed by atoms with Gasteiger partial charge in [0.2, 0.25) is 0 Å². The summed E-state index contributed by atoms with van der Waals surface area (Å²) in [5.74, 6) is 0. The molecule has 0 N–H and O–H groups in total. The quantitative estimate of drug-likeness (QED) is 0.539. The molecule has 0 rings (SSSR count). The molecule has 0 aliphatic heterocycles. The van der Waals surface area contributed by atoms with Gasteiger partial charge in [0.05, 0.1) is 0 Å². The van der Waals surface area contributed by atoms with E-state index in [9.17, 15) is 0 Å². The van der Waals surface area contributed by atoms with Crippen LogP contribution in [0.5, 0.6) is 0 Å². The Hall–Kier alpha value is -0.120. The van der Waals surface area contributed by atoms with Crippen LogP contribution in [0.15, 0.2) is 0 Å². The molecule has 0 aromatic carbocycles. The van der Waals surface area contributed by atoms with Crippen molar-refractivity contribution in [3.63, 3.8) is 0 Å². The lowest BCUT2D eigenvalue weighted by molar-refractivity contribution is -0.0857. The Morgan fingerprint density at radius 2 is 1.64 bits per heavy atom. The Balaban J connectivity index is 3.65. The average Bonchev–Trinajstić information content (AvgIpc) is 2.23. The van der Waals surface area contributed by atoms with Crippen molar-refractivity contribution in [1.82, 2.24) is 0 Å². The topological polar surface area (TPSA) is 27.7 Å². The lowest BCUT2D eigenvalue weighted by Crippen LogP contribution is -2.23. The van der Waals surface area contributed by atoms with Crippen molar-refractivity contribution in [2.75, 3.05) is 21.3 Å². The number of ether oxygens (including phenoxy) is 3. The van der Waals surface area contributed by atoms with Crippen LogP contribution in [0.1, 0.15) is 39.0 Å². The molecule has 0 amide bonds. The van der Waals surface area contributed by atoms with Crippen LogP contribution in [0.2, 0.25) is 0 Å². The van der Waals surface area contributed by atoms with Crippen LogP contribution >= 0.6 is 0 Å². The molecule has 0 heterocycles. The summed E-state index contributed by atoms with van der Waals surface area (Å²) in [6, 6.07) is 0. The minimum atomic E-state index is -0.0261. The highest BCUT2D eigenvalue weighted by atomic mass is 16.7. The highest BCUT2D eigenvalue weighted by molar-refractivity contribution is 4.77. The van der Waals surface area contributed by atoms with Crippen LogP contribution in [0.3, 0.4) is 0 Å². The first-order chi connectivity index (χ1) is 6.79. The van der Waals surface area contributed by atoms with Gasteiger partial charge in [0, 0.05) is 21.3 Å². The molecule has 0 aromatic rings. The molecule has 0 aromatic heterocycles. The molecule has 3 heteroatoms. The minimum Gasteiger partial charge on any atom is -0.376 e. The Labute approximate surface area is 87.7 Å². The van der Waals surface area contributed by atoms with Crippen molar-refractivity contribution in [1.29, 1.82) is 0 Å². The fourth-order valence-electron chi connectivity index (χ4n) is 1.43. The third-order valence-electron chi connectivity index (χ3n) is 2.27. The van der Waals surface area contributed by atoms with Gasteiger partial charge in [0.1, 0.15) is 6.10 Å². The molecule has 0 spiro atoms. The molecule has 85 valence electrons. The maximum Gasteiger partial charge on any atom is 0.253 e. The molecular formula is C11H23O3. The summed E-state index contributed by atoms with van der Waals surface area (Å²) in [6.45, 7) is 2.20. The van der Waals surface area contributed by atoms with E-state index in [1.807, 2.05) is 0 Å². The van der Waals surface area contributed by atoms with Gasteiger partial charge in [-0.2, -0.15) is 0 Å². The summed E-state index contributed by atoms with van der Waals surface area (Å²) in [7, 11) is 4.90. The predicted octanol–water partition coefficient (Wildman–Crippen LogP) is 2.75. The van der Waals surface area contributed by atoms with Crippen LogP contribution in [0.4, 0.5) is 0 Å². The van der Waals surface area contributed by atoms with Gasteiger partial charge in [-0.3, -0.25) is 0 Å². The standard InChI is InChI=1S/C11H23O3/c1-5-6-7-8-9-10(12-2)11(13-3)14-4/h10H,5-9H2,1-4H3. The van der Waals surface area contributed by atoms with E-state index in [1.54, 1.807) is 21.3 Å². The zero-order valence-corrected chi connectivity index (χ0v) is 9.84. The minimum absolute atomic E-state index is 0.0261. The smallest absolute Gasteiger partial charge is 0.253 e. The molecule has 1 unspecified atom stereocenters. The summed E-state index contributed by atoms with van der Waals surface area (Å²) in [6.07, 6.45) is 6.45. The highest BCUT2D eigenvalue weighted by Crippen LogP contribution is 2.18. The molecule has 0 saturated carbocycles. The van der Waals surface area contributed by atoms with E-state index < -0.39 is 0 Å². The Bertz CT molecular complexity index is 113. The van der Waals surface area contributed by atoms with Crippen molar-refractivity contribution in [3.05, 3.63) is 6.29 Å². The van der Waals surface area contributed by atoms with E-state index >= 15 is 0 Å². The van der Waals surface area contributed by atoms with Crippen LogP contribution in [-0.4, -0.2) is 27.4 Å². The molecule has 0 aliphatic rings. The van der Waals surface area contributed by atoms with Gasteiger partial charge in [-0.25, -0.2) is 0 Å². The monoisotopic (exact) mass is 203 g/mol. The predicted molar refractivity (Wildman–Crippen MR) is 56.8 cm³/mol. The van der Waals surface area contributed by atoms with E-state index in [4.69, 9.17) is 14.2 Å². The number of hydrogen-bond donors (Lipinski definition) is 0. The number of rotatable bonds is 9. The van der Waals surface area contributed by atoms with Gasteiger partial charge >= 0.3 is 0 Å². The van der Waals surface area contributed by atoms with Crippen LogP contribution < -0.4 is 0 Å². The molecular weight excluding hydrogens is 180 g/mol. The maximum atomic E-state index is 5.29. The van der Waals surface area contributed by atoms with Gasteiger partial charge < -0.3 is 14.2 Å². The second-order valence-corrected chi connectivity index (χ2v) is 3.30. The van der Waals surface area contributed by atoms with Gasteiger partial charge in [-0.15, -0.1) is 0 Å². The molecule has 14 heavy (non-hydrogen) atoms. The van der Waals surface area contributed by atoms with Crippen LogP contribution in [0.25, 0.3) is 0 Å². The second kappa shape index (κ2) is 9.44. The van der Waals surface area contributed by atoms with Crippen molar-refractivity contribution in [3.8, 4) is 0 Å². The third kappa shape index (κ3) is 5.58. The van der Waals surface area contributed by atoms with Crippen molar-refractivity contribution in [2.45, 2.75) is 45.1 Å². The molecule has 0 saturated heterocycles. The summed E-state index contributed by atoms with van der Waals surface area (Å²) >= 11 is 0. The van der Waals surface area contributed by atoms with E-state index in [0.717, 1.165) is 12.8 Å². The molecule has 3 nitrogen and oxygen atoms in total. The summed E-state index contributed by atoms with van der Waals surface area (Å²) in [5.41, 5.74) is 0. The maximum absolute atomic E-state index is 5.29. The van der Waals surface area contributed by atoms with E-state index in [-0.39, 0.29) is 6.10 Å². The van der Waals surface area contributed by atoms with E-state index in [1.165, 1.54) is 19.3 Å². The van der Waals surface area contributed by atoms with Crippen LogP contribution in [-0.2, 0) is 14.2 Å². The molecule has 0 aliphatic carbocycles. The Morgan fingerprint density at radius 1 is 1.00 bits per heavy atom. The van der Waals surface area contributed by atoms with E-state index in [2.05, 4.69) is 6.92 Å². The second-order valence-electron chi connectivity index (χ2n) is 3.30. The molecule has 1 radical (unpaired) electrons. The zero-order chi connectivity index (χ0) is 10.8. The Kier molecular flexibility index (Phi) is 9.35. The van der Waals surface area contributed by atoms with Gasteiger partial charge in [-0.05, 0) is 6.42 Å². The number of methoxy groups -OCH3 is 3.